The highest BCUT2D eigenvalue weighted by Crippen LogP contribution is 2.26. The molecule has 75 heavy (non-hydrogen) atoms. The molecule has 0 radical (unpaired) electrons. The number of esters is 3. The zero-order valence-corrected chi connectivity index (χ0v) is 47.8. The van der Waals surface area contributed by atoms with E-state index in [1.54, 1.807) is 0 Å². The lowest BCUT2D eigenvalue weighted by molar-refractivity contribution is -0.301. The van der Waals surface area contributed by atoms with Crippen LogP contribution in [0.25, 0.3) is 0 Å². The van der Waals surface area contributed by atoms with Crippen LogP contribution in [0.1, 0.15) is 278 Å². The van der Waals surface area contributed by atoms with E-state index in [-0.39, 0.29) is 25.9 Å². The average molecular weight is 1060 g/mol. The van der Waals surface area contributed by atoms with Crippen LogP contribution < -0.4 is 0 Å². The van der Waals surface area contributed by atoms with E-state index >= 15 is 0 Å². The van der Waals surface area contributed by atoms with Crippen LogP contribution in [0, 0.1) is 0 Å². The van der Waals surface area contributed by atoms with Crippen molar-refractivity contribution in [3.8, 4) is 0 Å². The maximum Gasteiger partial charge on any atom is 0.335 e. The molecule has 0 aromatic heterocycles. The number of carbonyl (C=O) groups excluding carboxylic acids is 3. The topological polar surface area (TPSA) is 175 Å². The molecule has 434 valence electrons. The summed E-state index contributed by atoms with van der Waals surface area (Å²) < 4.78 is 28.4. The predicted octanol–water partition coefficient (Wildman–Crippen LogP) is 15.8. The van der Waals surface area contributed by atoms with E-state index < -0.39 is 67.3 Å². The fraction of sp³-hybridized carbons (Fsp3) is 0.810. The van der Waals surface area contributed by atoms with Crippen LogP contribution in [-0.4, -0.2) is 89.2 Å². The molecule has 3 N–H and O–H groups in total. The number of hydrogen-bond acceptors (Lipinski definition) is 11. The SMILES string of the molecule is CC/C=C\C/C=C\C/C=C\CCCCCCCC(=O)OC(COC(=O)CCCCCCCCCCCCCCCCCCC)COC1OC(C(=O)O)C(O)C(O)C1OC(=O)CCCCCCC/C=C\CCCCCC. The minimum absolute atomic E-state index is 0.0498. The number of carbonyl (C=O) groups is 4. The van der Waals surface area contributed by atoms with Gasteiger partial charge in [-0.3, -0.25) is 14.4 Å². The summed E-state index contributed by atoms with van der Waals surface area (Å²) in [4.78, 5) is 51.1. The third-order valence-corrected chi connectivity index (χ3v) is 13.9. The molecule has 1 aliphatic rings. The number of aliphatic carboxylic acids is 1. The van der Waals surface area contributed by atoms with Gasteiger partial charge in [-0.1, -0.05) is 230 Å². The van der Waals surface area contributed by atoms with Gasteiger partial charge in [0.1, 0.15) is 18.8 Å². The Morgan fingerprint density at radius 1 is 0.453 bits per heavy atom. The van der Waals surface area contributed by atoms with E-state index in [0.717, 1.165) is 109 Å². The number of allylic oxidation sites excluding steroid dienone is 8. The number of hydrogen-bond donors (Lipinski definition) is 3. The first-order valence-corrected chi connectivity index (χ1v) is 30.6. The van der Waals surface area contributed by atoms with Crippen molar-refractivity contribution in [2.24, 2.45) is 0 Å². The van der Waals surface area contributed by atoms with E-state index in [2.05, 4.69) is 69.4 Å². The Morgan fingerprint density at radius 3 is 1.31 bits per heavy atom. The molecule has 1 rings (SSSR count). The number of rotatable bonds is 52. The molecular formula is C63H110O12. The normalized spacial score (nSPS) is 18.4. The standard InChI is InChI=1S/C63H110O12/c1-4-7-10-13-16-19-22-25-27-28-30-32-34-37-40-43-46-49-55(64)71-52-54(73-56(65)50-47-44-41-38-36-33-29-26-23-20-17-14-11-8-5-2)53-72-63-61(59(68)58(67)60(75-63)62(69)70)74-57(66)51-48-45-42-39-35-31-24-21-18-15-12-9-6-3/h8,11,17,20-21,24,26,29,54,58-61,63,67-68H,4-7,9-10,12-16,18-19,22-23,25,27-28,30-53H2,1-3H3,(H,69,70)/b11-8-,20-17-,24-21-,29-26-. The van der Waals surface area contributed by atoms with Crippen molar-refractivity contribution in [2.75, 3.05) is 13.2 Å². The second-order valence-corrected chi connectivity index (χ2v) is 21.0. The van der Waals surface area contributed by atoms with Gasteiger partial charge in [-0.05, 0) is 77.0 Å². The second kappa shape index (κ2) is 51.4. The highest BCUT2D eigenvalue weighted by molar-refractivity contribution is 5.74. The summed E-state index contributed by atoms with van der Waals surface area (Å²) in [5.41, 5.74) is 0. The highest BCUT2D eigenvalue weighted by atomic mass is 16.7. The van der Waals surface area contributed by atoms with Crippen molar-refractivity contribution in [1.82, 2.24) is 0 Å². The quantitative estimate of drug-likeness (QED) is 0.0228. The molecule has 0 aromatic carbocycles. The summed E-state index contributed by atoms with van der Waals surface area (Å²) in [6.45, 7) is 5.87. The molecule has 12 heteroatoms. The second-order valence-electron chi connectivity index (χ2n) is 21.0. The van der Waals surface area contributed by atoms with Gasteiger partial charge >= 0.3 is 23.9 Å². The van der Waals surface area contributed by atoms with Crippen molar-refractivity contribution < 1.29 is 58.2 Å². The van der Waals surface area contributed by atoms with E-state index in [1.165, 1.54) is 109 Å². The largest absolute Gasteiger partial charge is 0.479 e. The lowest BCUT2D eigenvalue weighted by Crippen LogP contribution is -2.61. The average Bonchev–Trinajstić information content (AvgIpc) is 3.39. The smallest absolute Gasteiger partial charge is 0.335 e. The van der Waals surface area contributed by atoms with Gasteiger partial charge in [0.2, 0.25) is 0 Å². The van der Waals surface area contributed by atoms with Crippen LogP contribution in [0.5, 0.6) is 0 Å². The zero-order valence-electron chi connectivity index (χ0n) is 47.8. The summed E-state index contributed by atoms with van der Waals surface area (Å²) >= 11 is 0. The molecule has 0 bridgehead atoms. The Hall–Kier alpha value is -3.32. The minimum atomic E-state index is -1.91. The van der Waals surface area contributed by atoms with E-state index in [4.69, 9.17) is 23.7 Å². The Labute approximate surface area is 456 Å². The molecule has 0 spiro atoms. The van der Waals surface area contributed by atoms with Gasteiger partial charge in [-0.2, -0.15) is 0 Å². The number of aliphatic hydroxyl groups is 2. The molecule has 1 saturated heterocycles. The highest BCUT2D eigenvalue weighted by Gasteiger charge is 2.50. The zero-order chi connectivity index (χ0) is 54.7. The molecule has 1 heterocycles. The summed E-state index contributed by atoms with van der Waals surface area (Å²) in [5.74, 6) is -3.13. The Kier molecular flexibility index (Phi) is 47.8. The van der Waals surface area contributed by atoms with E-state index in [1.807, 2.05) is 0 Å². The maximum atomic E-state index is 13.1. The van der Waals surface area contributed by atoms with Crippen molar-refractivity contribution in [2.45, 2.75) is 314 Å². The van der Waals surface area contributed by atoms with Crippen LogP contribution in [0.3, 0.4) is 0 Å². The van der Waals surface area contributed by atoms with Gasteiger partial charge < -0.3 is 39.0 Å². The van der Waals surface area contributed by atoms with Gasteiger partial charge in [-0.15, -0.1) is 0 Å². The maximum absolute atomic E-state index is 13.1. The molecule has 6 unspecified atom stereocenters. The van der Waals surface area contributed by atoms with Crippen molar-refractivity contribution in [3.05, 3.63) is 48.6 Å². The van der Waals surface area contributed by atoms with Gasteiger partial charge in [0, 0.05) is 19.3 Å². The first kappa shape index (κ1) is 69.7. The minimum Gasteiger partial charge on any atom is -0.479 e. The van der Waals surface area contributed by atoms with Crippen molar-refractivity contribution >= 4 is 23.9 Å². The third-order valence-electron chi connectivity index (χ3n) is 13.9. The number of unbranched alkanes of at least 4 members (excludes halogenated alkanes) is 30. The number of ether oxygens (including phenoxy) is 5. The predicted molar refractivity (Wildman–Crippen MR) is 303 cm³/mol. The molecule has 12 nitrogen and oxygen atoms in total. The van der Waals surface area contributed by atoms with Crippen LogP contribution in [0.15, 0.2) is 48.6 Å². The lowest BCUT2D eigenvalue weighted by atomic mass is 9.98. The first-order valence-electron chi connectivity index (χ1n) is 30.6. The van der Waals surface area contributed by atoms with Crippen LogP contribution >= 0.6 is 0 Å². The van der Waals surface area contributed by atoms with Crippen molar-refractivity contribution in [3.63, 3.8) is 0 Å². The number of carboxylic acid groups (broad SMARTS) is 1. The van der Waals surface area contributed by atoms with Crippen molar-refractivity contribution in [1.29, 1.82) is 0 Å². The van der Waals surface area contributed by atoms with Gasteiger partial charge in [0.05, 0.1) is 6.61 Å². The Balaban J connectivity index is 2.68. The Morgan fingerprint density at radius 2 is 0.840 bits per heavy atom. The molecule has 0 amide bonds. The number of aliphatic hydroxyl groups excluding tert-OH is 2. The fourth-order valence-corrected chi connectivity index (χ4v) is 9.20. The molecular weight excluding hydrogens is 949 g/mol. The molecule has 0 aromatic rings. The van der Waals surface area contributed by atoms with Crippen LogP contribution in [-0.2, 0) is 42.9 Å². The van der Waals surface area contributed by atoms with E-state index in [9.17, 15) is 34.5 Å². The van der Waals surface area contributed by atoms with Crippen LogP contribution in [0.4, 0.5) is 0 Å². The summed E-state index contributed by atoms with van der Waals surface area (Å²) in [5, 5.41) is 31.5. The third kappa shape index (κ3) is 41.5. The molecule has 1 fully saturated rings. The van der Waals surface area contributed by atoms with E-state index in [0.29, 0.717) is 19.3 Å². The molecule has 0 saturated carbocycles. The van der Waals surface area contributed by atoms with Gasteiger partial charge in [0.15, 0.2) is 24.6 Å². The monoisotopic (exact) mass is 1060 g/mol. The summed E-state index contributed by atoms with van der Waals surface area (Å²) in [6, 6.07) is 0. The van der Waals surface area contributed by atoms with Gasteiger partial charge in [0.25, 0.3) is 0 Å². The fourth-order valence-electron chi connectivity index (χ4n) is 9.20. The number of carboxylic acids is 1. The summed E-state index contributed by atoms with van der Waals surface area (Å²) in [7, 11) is 0. The van der Waals surface area contributed by atoms with Crippen LogP contribution in [0.2, 0.25) is 0 Å². The molecule has 6 atom stereocenters. The molecule has 1 aliphatic heterocycles. The first-order chi connectivity index (χ1) is 36.6. The lowest BCUT2D eigenvalue weighted by Gasteiger charge is -2.40. The van der Waals surface area contributed by atoms with Gasteiger partial charge in [-0.25, -0.2) is 4.79 Å². The Bertz CT molecular complexity index is 1490. The summed E-state index contributed by atoms with van der Waals surface area (Å²) in [6.07, 6.45) is 49.4. The molecule has 0 aliphatic carbocycles.